The third-order valence-electron chi connectivity index (χ3n) is 4.23. The summed E-state index contributed by atoms with van der Waals surface area (Å²) >= 11 is 0. The van der Waals surface area contributed by atoms with E-state index in [0.717, 1.165) is 12.2 Å². The number of benzene rings is 3. The van der Waals surface area contributed by atoms with Crippen molar-refractivity contribution in [2.24, 2.45) is 0 Å². The Morgan fingerprint density at radius 3 is 2.45 bits per heavy atom. The zero-order valence-electron chi connectivity index (χ0n) is 11.5. The van der Waals surface area contributed by atoms with Crippen LogP contribution in [0.4, 0.5) is 0 Å². The van der Waals surface area contributed by atoms with Crippen molar-refractivity contribution < 1.29 is 4.74 Å². The first-order valence-corrected chi connectivity index (χ1v) is 7.01. The summed E-state index contributed by atoms with van der Waals surface area (Å²) < 4.78 is 6.29. The molecule has 1 unspecified atom stereocenters. The summed E-state index contributed by atoms with van der Waals surface area (Å²) in [5.74, 6) is 1.02. The van der Waals surface area contributed by atoms with Crippen molar-refractivity contribution in [2.75, 3.05) is 0 Å². The maximum Gasteiger partial charge on any atom is 0.135 e. The first-order chi connectivity index (χ1) is 9.76. The van der Waals surface area contributed by atoms with Crippen LogP contribution in [-0.2, 0) is 12.0 Å². The van der Waals surface area contributed by atoms with Crippen molar-refractivity contribution in [1.82, 2.24) is 0 Å². The molecule has 0 aromatic heterocycles. The van der Waals surface area contributed by atoms with Crippen LogP contribution in [0, 0.1) is 0 Å². The highest BCUT2D eigenvalue weighted by atomic mass is 16.5. The van der Waals surface area contributed by atoms with Crippen molar-refractivity contribution in [3.05, 3.63) is 77.9 Å². The molecule has 98 valence electrons. The molecule has 0 bridgehead atoms. The largest absolute Gasteiger partial charge is 0.482 e. The fraction of sp³-hybridized carbons (Fsp3) is 0.158. The second kappa shape index (κ2) is 4.11. The van der Waals surface area contributed by atoms with Crippen LogP contribution < -0.4 is 4.74 Å². The van der Waals surface area contributed by atoms with Crippen LogP contribution in [0.1, 0.15) is 18.1 Å². The number of rotatable bonds is 1. The lowest BCUT2D eigenvalue weighted by Gasteiger charge is -2.24. The third-order valence-corrected chi connectivity index (χ3v) is 4.23. The minimum atomic E-state index is -0.256. The van der Waals surface area contributed by atoms with E-state index in [4.69, 9.17) is 4.74 Å². The third kappa shape index (κ3) is 1.63. The van der Waals surface area contributed by atoms with Crippen LogP contribution >= 0.6 is 0 Å². The summed E-state index contributed by atoms with van der Waals surface area (Å²) in [6.07, 6.45) is 0.924. The zero-order chi connectivity index (χ0) is 13.6. The number of fused-ring (bicyclic) bond motifs is 3. The summed E-state index contributed by atoms with van der Waals surface area (Å²) in [5.41, 5.74) is 2.31. The molecule has 1 heterocycles. The van der Waals surface area contributed by atoms with Gasteiger partial charge in [0.15, 0.2) is 0 Å². The highest BCUT2D eigenvalue weighted by Gasteiger charge is 2.37. The van der Waals surface area contributed by atoms with Crippen LogP contribution in [0.2, 0.25) is 0 Å². The summed E-state index contributed by atoms with van der Waals surface area (Å²) in [6.45, 7) is 2.18. The molecule has 0 amide bonds. The first kappa shape index (κ1) is 11.5. The van der Waals surface area contributed by atoms with Gasteiger partial charge in [-0.1, -0.05) is 60.7 Å². The molecular weight excluding hydrogens is 244 g/mol. The highest BCUT2D eigenvalue weighted by Crippen LogP contribution is 2.44. The quantitative estimate of drug-likeness (QED) is 0.616. The maximum absolute atomic E-state index is 6.29. The van der Waals surface area contributed by atoms with Gasteiger partial charge in [-0.3, -0.25) is 0 Å². The zero-order valence-corrected chi connectivity index (χ0v) is 11.5. The Bertz CT molecular complexity index is 776. The van der Waals surface area contributed by atoms with Crippen LogP contribution in [0.25, 0.3) is 10.8 Å². The topological polar surface area (TPSA) is 9.23 Å². The number of hydrogen-bond donors (Lipinski definition) is 0. The fourth-order valence-corrected chi connectivity index (χ4v) is 3.16. The van der Waals surface area contributed by atoms with Gasteiger partial charge in [-0.25, -0.2) is 0 Å². The van der Waals surface area contributed by atoms with E-state index in [1.165, 1.54) is 21.9 Å². The van der Waals surface area contributed by atoms with Crippen LogP contribution in [0.5, 0.6) is 5.75 Å². The molecule has 1 atom stereocenters. The van der Waals surface area contributed by atoms with Crippen molar-refractivity contribution in [1.29, 1.82) is 0 Å². The summed E-state index contributed by atoms with van der Waals surface area (Å²) in [5, 5.41) is 2.59. The standard InChI is InChI=1S/C19H16O/c1-19(15-8-3-2-4-9-15)13-17-16-10-6-5-7-14(16)11-12-18(17)20-19/h2-12H,13H2,1H3. The second-order valence-corrected chi connectivity index (χ2v) is 5.64. The number of hydrogen-bond acceptors (Lipinski definition) is 1. The fourth-order valence-electron chi connectivity index (χ4n) is 3.16. The van der Waals surface area contributed by atoms with E-state index in [0.29, 0.717) is 0 Å². The van der Waals surface area contributed by atoms with Gasteiger partial charge in [0, 0.05) is 12.0 Å². The van der Waals surface area contributed by atoms with E-state index in [9.17, 15) is 0 Å². The molecule has 3 aromatic carbocycles. The van der Waals surface area contributed by atoms with Crippen LogP contribution in [0.3, 0.4) is 0 Å². The van der Waals surface area contributed by atoms with Gasteiger partial charge in [0.05, 0.1) is 0 Å². The summed E-state index contributed by atoms with van der Waals surface area (Å²) in [7, 11) is 0. The second-order valence-electron chi connectivity index (χ2n) is 5.64. The lowest BCUT2D eigenvalue weighted by atomic mass is 9.89. The average Bonchev–Trinajstić information content (AvgIpc) is 2.86. The average molecular weight is 260 g/mol. The van der Waals surface area contributed by atoms with Crippen LogP contribution in [-0.4, -0.2) is 0 Å². The molecule has 0 saturated carbocycles. The Morgan fingerprint density at radius 2 is 1.60 bits per heavy atom. The Balaban J connectivity index is 1.86. The van der Waals surface area contributed by atoms with Gasteiger partial charge in [0.2, 0.25) is 0 Å². The normalized spacial score (nSPS) is 20.6. The Labute approximate surface area is 118 Å². The molecule has 1 aliphatic heterocycles. The Morgan fingerprint density at radius 1 is 0.850 bits per heavy atom. The first-order valence-electron chi connectivity index (χ1n) is 7.01. The maximum atomic E-state index is 6.29. The van der Waals surface area contributed by atoms with Gasteiger partial charge in [-0.2, -0.15) is 0 Å². The van der Waals surface area contributed by atoms with Gasteiger partial charge in [-0.05, 0) is 29.3 Å². The van der Waals surface area contributed by atoms with Gasteiger partial charge < -0.3 is 4.74 Å². The lowest BCUT2D eigenvalue weighted by Crippen LogP contribution is -2.26. The van der Waals surface area contributed by atoms with Gasteiger partial charge in [-0.15, -0.1) is 0 Å². The van der Waals surface area contributed by atoms with E-state index in [1.807, 2.05) is 6.07 Å². The van der Waals surface area contributed by atoms with Crippen molar-refractivity contribution in [3.8, 4) is 5.75 Å². The predicted molar refractivity (Wildman–Crippen MR) is 82.1 cm³/mol. The summed E-state index contributed by atoms with van der Waals surface area (Å²) in [4.78, 5) is 0. The molecule has 1 heteroatoms. The Hall–Kier alpha value is -2.28. The highest BCUT2D eigenvalue weighted by molar-refractivity contribution is 5.88. The van der Waals surface area contributed by atoms with E-state index >= 15 is 0 Å². The molecule has 4 rings (SSSR count). The number of ether oxygens (including phenoxy) is 1. The van der Waals surface area contributed by atoms with Crippen LogP contribution in [0.15, 0.2) is 66.7 Å². The molecule has 0 aliphatic carbocycles. The van der Waals surface area contributed by atoms with E-state index < -0.39 is 0 Å². The van der Waals surface area contributed by atoms with Crippen molar-refractivity contribution in [2.45, 2.75) is 18.9 Å². The van der Waals surface area contributed by atoms with E-state index in [1.54, 1.807) is 0 Å². The predicted octanol–water partition coefficient (Wildman–Crippen LogP) is 4.69. The molecule has 0 spiro atoms. The van der Waals surface area contributed by atoms with E-state index in [2.05, 4.69) is 67.6 Å². The van der Waals surface area contributed by atoms with Gasteiger partial charge in [0.1, 0.15) is 11.4 Å². The molecule has 1 nitrogen and oxygen atoms in total. The minimum absolute atomic E-state index is 0.256. The summed E-state index contributed by atoms with van der Waals surface area (Å²) in [6, 6.07) is 23.3. The molecular formula is C19H16O. The molecule has 0 radical (unpaired) electrons. The monoisotopic (exact) mass is 260 g/mol. The van der Waals surface area contributed by atoms with Crippen molar-refractivity contribution in [3.63, 3.8) is 0 Å². The Kier molecular flexibility index (Phi) is 2.37. The molecule has 20 heavy (non-hydrogen) atoms. The minimum Gasteiger partial charge on any atom is -0.482 e. The van der Waals surface area contributed by atoms with E-state index in [-0.39, 0.29) is 5.60 Å². The lowest BCUT2D eigenvalue weighted by molar-refractivity contribution is 0.116. The molecule has 3 aromatic rings. The smallest absolute Gasteiger partial charge is 0.135 e. The molecule has 1 aliphatic rings. The SMILES string of the molecule is CC1(c2ccccc2)Cc2c(ccc3ccccc23)O1. The van der Waals surface area contributed by atoms with Crippen molar-refractivity contribution >= 4 is 10.8 Å². The molecule has 0 saturated heterocycles. The van der Waals surface area contributed by atoms with Gasteiger partial charge >= 0.3 is 0 Å². The van der Waals surface area contributed by atoms with Gasteiger partial charge in [0.25, 0.3) is 0 Å². The molecule has 0 N–H and O–H groups in total. The molecule has 0 fully saturated rings.